The Bertz CT molecular complexity index is 523. The molecule has 1 atom stereocenters. The van der Waals surface area contributed by atoms with Crippen LogP contribution in [0.5, 0.6) is 5.75 Å². The highest BCUT2D eigenvalue weighted by atomic mass is 16.4. The number of amides is 1. The molecule has 120 valence electrons. The molecule has 0 heterocycles. The molecule has 1 aromatic rings. The number of nitrogens with zero attached hydrogens (tertiary/aromatic N) is 1. The van der Waals surface area contributed by atoms with Gasteiger partial charge in [0.1, 0.15) is 5.75 Å². The Morgan fingerprint density at radius 1 is 1.27 bits per heavy atom. The standard InChI is InChI=1S/C16H22N2O4/c1-18(12-4-2-3-5-12)10-14(20)17-15(16(21)22)11-6-8-13(19)9-7-11/h6-9,12,15,19H,2-5,10H2,1H3,(H,17,20)(H,21,22). The lowest BCUT2D eigenvalue weighted by Crippen LogP contribution is -2.42. The van der Waals surface area contributed by atoms with E-state index in [0.29, 0.717) is 11.6 Å². The lowest BCUT2D eigenvalue weighted by Gasteiger charge is -2.24. The van der Waals surface area contributed by atoms with Crippen LogP contribution < -0.4 is 5.32 Å². The van der Waals surface area contributed by atoms with Crippen LogP contribution in [0.1, 0.15) is 37.3 Å². The zero-order valence-electron chi connectivity index (χ0n) is 12.7. The first kappa shape index (κ1) is 16.3. The van der Waals surface area contributed by atoms with E-state index in [1.165, 1.54) is 37.1 Å². The number of rotatable bonds is 6. The Hall–Kier alpha value is -2.08. The summed E-state index contributed by atoms with van der Waals surface area (Å²) in [6, 6.07) is 5.10. The fourth-order valence-corrected chi connectivity index (χ4v) is 2.86. The zero-order chi connectivity index (χ0) is 16.1. The van der Waals surface area contributed by atoms with Crippen LogP contribution >= 0.6 is 0 Å². The number of benzene rings is 1. The number of likely N-dealkylation sites (N-methyl/N-ethyl adjacent to an activating group) is 1. The van der Waals surface area contributed by atoms with Crippen molar-refractivity contribution in [2.24, 2.45) is 0 Å². The van der Waals surface area contributed by atoms with Gasteiger partial charge < -0.3 is 15.5 Å². The first-order valence-corrected chi connectivity index (χ1v) is 7.48. The molecule has 0 spiro atoms. The molecule has 6 nitrogen and oxygen atoms in total. The third kappa shape index (κ3) is 4.21. The number of carboxylic acids is 1. The van der Waals surface area contributed by atoms with Crippen LogP contribution in [0, 0.1) is 0 Å². The van der Waals surface area contributed by atoms with Crippen molar-refractivity contribution >= 4 is 11.9 Å². The largest absolute Gasteiger partial charge is 0.508 e. The second kappa shape index (κ2) is 7.26. The van der Waals surface area contributed by atoms with Crippen molar-refractivity contribution in [3.63, 3.8) is 0 Å². The van der Waals surface area contributed by atoms with Gasteiger partial charge in [0, 0.05) is 6.04 Å². The highest BCUT2D eigenvalue weighted by Crippen LogP contribution is 2.22. The van der Waals surface area contributed by atoms with Crippen LogP contribution in [0.15, 0.2) is 24.3 Å². The number of aliphatic carboxylic acids is 1. The predicted molar refractivity (Wildman–Crippen MR) is 81.5 cm³/mol. The van der Waals surface area contributed by atoms with Crippen LogP contribution in [-0.4, -0.2) is 46.6 Å². The molecule has 1 unspecified atom stereocenters. The quantitative estimate of drug-likeness (QED) is 0.741. The van der Waals surface area contributed by atoms with Crippen molar-refractivity contribution < 1.29 is 19.8 Å². The molecule has 0 aromatic heterocycles. The van der Waals surface area contributed by atoms with Crippen molar-refractivity contribution in [3.05, 3.63) is 29.8 Å². The van der Waals surface area contributed by atoms with Crippen LogP contribution in [0.3, 0.4) is 0 Å². The summed E-state index contributed by atoms with van der Waals surface area (Å²) in [5.41, 5.74) is 0.433. The van der Waals surface area contributed by atoms with E-state index in [4.69, 9.17) is 0 Å². The Balaban J connectivity index is 1.96. The summed E-state index contributed by atoms with van der Waals surface area (Å²) in [4.78, 5) is 25.5. The van der Waals surface area contributed by atoms with E-state index in [-0.39, 0.29) is 18.2 Å². The van der Waals surface area contributed by atoms with Crippen LogP contribution in [0.25, 0.3) is 0 Å². The predicted octanol–water partition coefficient (Wildman–Crippen LogP) is 1.51. The van der Waals surface area contributed by atoms with Gasteiger partial charge in [0.05, 0.1) is 6.54 Å². The molecule has 1 aliphatic carbocycles. The van der Waals surface area contributed by atoms with Crippen molar-refractivity contribution in [1.82, 2.24) is 10.2 Å². The molecule has 0 saturated heterocycles. The first-order valence-electron chi connectivity index (χ1n) is 7.48. The molecule has 6 heteroatoms. The Morgan fingerprint density at radius 3 is 2.41 bits per heavy atom. The highest BCUT2D eigenvalue weighted by molar-refractivity contribution is 5.85. The maximum Gasteiger partial charge on any atom is 0.330 e. The van der Waals surface area contributed by atoms with Gasteiger partial charge in [-0.25, -0.2) is 4.79 Å². The minimum absolute atomic E-state index is 0.0557. The van der Waals surface area contributed by atoms with Crippen molar-refractivity contribution in [2.75, 3.05) is 13.6 Å². The summed E-state index contributed by atoms with van der Waals surface area (Å²) in [5, 5.41) is 21.1. The summed E-state index contributed by atoms with van der Waals surface area (Å²) < 4.78 is 0. The summed E-state index contributed by atoms with van der Waals surface area (Å²) in [6.07, 6.45) is 4.54. The fourth-order valence-electron chi connectivity index (χ4n) is 2.86. The van der Waals surface area contributed by atoms with Crippen molar-refractivity contribution in [1.29, 1.82) is 0 Å². The van der Waals surface area contributed by atoms with Gasteiger partial charge in [-0.1, -0.05) is 25.0 Å². The van der Waals surface area contributed by atoms with Gasteiger partial charge >= 0.3 is 5.97 Å². The molecular weight excluding hydrogens is 284 g/mol. The number of carbonyl (C=O) groups is 2. The van der Waals surface area contributed by atoms with Gasteiger partial charge in [-0.15, -0.1) is 0 Å². The lowest BCUT2D eigenvalue weighted by molar-refractivity contribution is -0.142. The minimum Gasteiger partial charge on any atom is -0.508 e. The number of carbonyl (C=O) groups excluding carboxylic acids is 1. The molecule has 1 fully saturated rings. The normalized spacial score (nSPS) is 16.6. The molecule has 22 heavy (non-hydrogen) atoms. The Morgan fingerprint density at radius 2 is 1.86 bits per heavy atom. The average Bonchev–Trinajstić information content (AvgIpc) is 3.00. The summed E-state index contributed by atoms with van der Waals surface area (Å²) in [5.74, 6) is -1.38. The molecule has 2 rings (SSSR count). The zero-order valence-corrected chi connectivity index (χ0v) is 12.7. The van der Waals surface area contributed by atoms with Gasteiger partial charge in [-0.05, 0) is 37.6 Å². The third-order valence-electron chi connectivity index (χ3n) is 4.12. The maximum absolute atomic E-state index is 12.1. The number of hydrogen-bond donors (Lipinski definition) is 3. The Labute approximate surface area is 129 Å². The lowest BCUT2D eigenvalue weighted by atomic mass is 10.1. The molecular formula is C16H22N2O4. The van der Waals surface area contributed by atoms with Gasteiger partial charge in [-0.3, -0.25) is 9.69 Å². The van der Waals surface area contributed by atoms with E-state index >= 15 is 0 Å². The van der Waals surface area contributed by atoms with E-state index in [1.54, 1.807) is 0 Å². The fraction of sp³-hybridized carbons (Fsp3) is 0.500. The minimum atomic E-state index is -1.12. The van der Waals surface area contributed by atoms with Crippen LogP contribution in [-0.2, 0) is 9.59 Å². The monoisotopic (exact) mass is 306 g/mol. The number of carboxylic acid groups (broad SMARTS) is 1. The molecule has 0 radical (unpaired) electrons. The second-order valence-electron chi connectivity index (χ2n) is 5.78. The molecule has 1 aromatic carbocycles. The summed E-state index contributed by atoms with van der Waals surface area (Å²) in [6.45, 7) is 0.187. The first-order chi connectivity index (χ1) is 10.5. The molecule has 3 N–H and O–H groups in total. The average molecular weight is 306 g/mol. The third-order valence-corrected chi connectivity index (χ3v) is 4.12. The number of phenolic OH excluding ortho intramolecular Hbond substituents is 1. The molecule has 1 amide bonds. The van der Waals surface area contributed by atoms with Crippen molar-refractivity contribution in [3.8, 4) is 5.75 Å². The number of hydrogen-bond acceptors (Lipinski definition) is 4. The maximum atomic E-state index is 12.1. The summed E-state index contributed by atoms with van der Waals surface area (Å²) in [7, 11) is 1.89. The van der Waals surface area contributed by atoms with Gasteiger partial charge in [0.15, 0.2) is 6.04 Å². The van der Waals surface area contributed by atoms with E-state index in [2.05, 4.69) is 5.32 Å². The van der Waals surface area contributed by atoms with E-state index in [9.17, 15) is 19.8 Å². The van der Waals surface area contributed by atoms with E-state index < -0.39 is 12.0 Å². The van der Waals surface area contributed by atoms with Crippen molar-refractivity contribution in [2.45, 2.75) is 37.8 Å². The number of phenols is 1. The van der Waals surface area contributed by atoms with E-state index in [1.807, 2.05) is 11.9 Å². The topological polar surface area (TPSA) is 89.9 Å². The molecule has 0 bridgehead atoms. The molecule has 1 aliphatic rings. The highest BCUT2D eigenvalue weighted by Gasteiger charge is 2.25. The summed E-state index contributed by atoms with van der Waals surface area (Å²) >= 11 is 0. The van der Waals surface area contributed by atoms with Crippen LogP contribution in [0.2, 0.25) is 0 Å². The van der Waals surface area contributed by atoms with E-state index in [0.717, 1.165) is 12.8 Å². The van der Waals surface area contributed by atoms with Crippen LogP contribution in [0.4, 0.5) is 0 Å². The van der Waals surface area contributed by atoms with Gasteiger partial charge in [0.25, 0.3) is 0 Å². The van der Waals surface area contributed by atoms with Gasteiger partial charge in [0.2, 0.25) is 5.91 Å². The van der Waals surface area contributed by atoms with Gasteiger partial charge in [-0.2, -0.15) is 0 Å². The Kier molecular flexibility index (Phi) is 5.38. The SMILES string of the molecule is CN(CC(=O)NC(C(=O)O)c1ccc(O)cc1)C1CCCC1. The second-order valence-corrected chi connectivity index (χ2v) is 5.78. The molecule has 1 saturated carbocycles. The molecule has 0 aliphatic heterocycles. The number of nitrogens with one attached hydrogen (secondary N) is 1. The smallest absolute Gasteiger partial charge is 0.330 e. The number of aromatic hydroxyl groups is 1.